The van der Waals surface area contributed by atoms with E-state index in [0.29, 0.717) is 0 Å². The molecule has 1 heterocycles. The second-order valence-electron chi connectivity index (χ2n) is 4.17. The van der Waals surface area contributed by atoms with Crippen LogP contribution < -0.4 is 5.32 Å². The highest BCUT2D eigenvalue weighted by molar-refractivity contribution is 5.66. The molecule has 1 aromatic rings. The molecule has 0 fully saturated rings. The van der Waals surface area contributed by atoms with Gasteiger partial charge in [-0.15, -0.1) is 0 Å². The Bertz CT molecular complexity index is 333. The molecule has 4 heteroatoms. The van der Waals surface area contributed by atoms with Crippen LogP contribution in [0.25, 0.3) is 0 Å². The van der Waals surface area contributed by atoms with E-state index in [0.717, 1.165) is 31.0 Å². The van der Waals surface area contributed by atoms with Gasteiger partial charge in [0.05, 0.1) is 0 Å². The number of aryl methyl sites for hydroxylation is 1. The highest BCUT2D eigenvalue weighted by Gasteiger charge is 2.06. The zero-order valence-electron chi connectivity index (χ0n) is 9.82. The molecule has 0 saturated heterocycles. The van der Waals surface area contributed by atoms with Gasteiger partial charge in [0.15, 0.2) is 0 Å². The Morgan fingerprint density at radius 1 is 1.56 bits per heavy atom. The van der Waals surface area contributed by atoms with Crippen LogP contribution in [0.5, 0.6) is 0 Å². The Kier molecular flexibility index (Phi) is 5.05. The molecule has 0 spiro atoms. The summed E-state index contributed by atoms with van der Waals surface area (Å²) in [6.45, 7) is 5.40. The lowest BCUT2D eigenvalue weighted by atomic mass is 10.1. The van der Waals surface area contributed by atoms with Crippen LogP contribution in [0.4, 0.5) is 0 Å². The van der Waals surface area contributed by atoms with Gasteiger partial charge in [0, 0.05) is 19.4 Å². The van der Waals surface area contributed by atoms with Crippen LogP contribution in [0.1, 0.15) is 24.9 Å². The van der Waals surface area contributed by atoms with Crippen molar-refractivity contribution in [3.05, 3.63) is 23.7 Å². The third-order valence-corrected chi connectivity index (χ3v) is 2.36. The van der Waals surface area contributed by atoms with Crippen molar-refractivity contribution in [3.8, 4) is 0 Å². The molecule has 0 amide bonds. The van der Waals surface area contributed by atoms with Crippen molar-refractivity contribution in [2.45, 2.75) is 26.7 Å². The summed E-state index contributed by atoms with van der Waals surface area (Å²) in [5, 5.41) is 11.8. The second kappa shape index (κ2) is 6.33. The highest BCUT2D eigenvalue weighted by Crippen LogP contribution is 2.06. The minimum absolute atomic E-state index is 0.163. The molecule has 90 valence electrons. The molecule has 0 radical (unpaired) electrons. The fraction of sp³-hybridized carbons (Fsp3) is 0.583. The first-order valence-corrected chi connectivity index (χ1v) is 5.55. The van der Waals surface area contributed by atoms with Gasteiger partial charge >= 0.3 is 5.97 Å². The monoisotopic (exact) mass is 225 g/mol. The summed E-state index contributed by atoms with van der Waals surface area (Å²) in [5.74, 6) is 1.32. The highest BCUT2D eigenvalue weighted by atomic mass is 16.4. The van der Waals surface area contributed by atoms with Crippen LogP contribution in [0.2, 0.25) is 0 Å². The van der Waals surface area contributed by atoms with Gasteiger partial charge in [-0.05, 0) is 31.5 Å². The number of carbonyl (C=O) groups is 1. The fourth-order valence-electron chi connectivity index (χ4n) is 1.55. The SMILES string of the molecule is Cc1ccc(CCNCC(C)CC(=O)O)o1. The Labute approximate surface area is 95.7 Å². The molecule has 1 aromatic heterocycles. The largest absolute Gasteiger partial charge is 0.481 e. The zero-order valence-corrected chi connectivity index (χ0v) is 9.82. The van der Waals surface area contributed by atoms with Gasteiger partial charge in [-0.1, -0.05) is 6.92 Å². The van der Waals surface area contributed by atoms with Gasteiger partial charge in [0.1, 0.15) is 11.5 Å². The first-order chi connectivity index (χ1) is 7.58. The number of furan rings is 1. The van der Waals surface area contributed by atoms with Crippen LogP contribution in [-0.2, 0) is 11.2 Å². The second-order valence-corrected chi connectivity index (χ2v) is 4.17. The standard InChI is InChI=1S/C12H19NO3/c1-9(7-12(14)15)8-13-6-5-11-4-3-10(2)16-11/h3-4,9,13H,5-8H2,1-2H3,(H,14,15). The number of rotatable bonds is 7. The molecule has 1 rings (SSSR count). The molecule has 0 saturated carbocycles. The molecule has 1 unspecified atom stereocenters. The van der Waals surface area contributed by atoms with Crippen molar-refractivity contribution in [3.63, 3.8) is 0 Å². The summed E-state index contributed by atoms with van der Waals surface area (Å²) in [7, 11) is 0. The van der Waals surface area contributed by atoms with E-state index in [1.54, 1.807) is 0 Å². The van der Waals surface area contributed by atoms with Crippen molar-refractivity contribution in [2.75, 3.05) is 13.1 Å². The van der Waals surface area contributed by atoms with Crippen molar-refractivity contribution >= 4 is 5.97 Å². The van der Waals surface area contributed by atoms with Gasteiger partial charge in [-0.3, -0.25) is 4.79 Å². The molecular formula is C12H19NO3. The number of carboxylic acid groups (broad SMARTS) is 1. The summed E-state index contributed by atoms with van der Waals surface area (Å²) in [6.07, 6.45) is 1.06. The van der Waals surface area contributed by atoms with Gasteiger partial charge in [0.25, 0.3) is 0 Å². The van der Waals surface area contributed by atoms with Crippen molar-refractivity contribution in [2.24, 2.45) is 5.92 Å². The van der Waals surface area contributed by atoms with Gasteiger partial charge in [-0.2, -0.15) is 0 Å². The number of nitrogens with one attached hydrogen (secondary N) is 1. The van der Waals surface area contributed by atoms with Crippen LogP contribution in [0, 0.1) is 12.8 Å². The van der Waals surface area contributed by atoms with E-state index < -0.39 is 5.97 Å². The molecule has 2 N–H and O–H groups in total. The summed E-state index contributed by atoms with van der Waals surface area (Å²) < 4.78 is 5.42. The average Bonchev–Trinajstić information content (AvgIpc) is 2.58. The Morgan fingerprint density at radius 3 is 2.88 bits per heavy atom. The molecule has 0 aliphatic carbocycles. The molecule has 1 atom stereocenters. The summed E-state index contributed by atoms with van der Waals surface area (Å²) >= 11 is 0. The zero-order chi connectivity index (χ0) is 12.0. The first kappa shape index (κ1) is 12.8. The number of hydrogen-bond acceptors (Lipinski definition) is 3. The quantitative estimate of drug-likeness (QED) is 0.695. The molecule has 0 aliphatic rings. The van der Waals surface area contributed by atoms with Crippen LogP contribution >= 0.6 is 0 Å². The van der Waals surface area contributed by atoms with Crippen LogP contribution in [0.15, 0.2) is 16.5 Å². The van der Waals surface area contributed by atoms with Gasteiger partial charge < -0.3 is 14.8 Å². The Balaban J connectivity index is 2.10. The predicted molar refractivity (Wildman–Crippen MR) is 61.4 cm³/mol. The lowest BCUT2D eigenvalue weighted by Crippen LogP contribution is -2.24. The summed E-state index contributed by atoms with van der Waals surface area (Å²) in [4.78, 5) is 10.4. The summed E-state index contributed by atoms with van der Waals surface area (Å²) in [5.41, 5.74) is 0. The topological polar surface area (TPSA) is 62.5 Å². The van der Waals surface area contributed by atoms with Crippen LogP contribution in [-0.4, -0.2) is 24.2 Å². The minimum atomic E-state index is -0.740. The van der Waals surface area contributed by atoms with Gasteiger partial charge in [0.2, 0.25) is 0 Å². The molecule has 0 aliphatic heterocycles. The lowest BCUT2D eigenvalue weighted by molar-refractivity contribution is -0.137. The number of hydrogen-bond donors (Lipinski definition) is 2. The van der Waals surface area contributed by atoms with E-state index in [4.69, 9.17) is 9.52 Å². The van der Waals surface area contributed by atoms with Crippen molar-refractivity contribution in [1.29, 1.82) is 0 Å². The van der Waals surface area contributed by atoms with E-state index in [1.165, 1.54) is 0 Å². The maximum atomic E-state index is 10.4. The predicted octanol–water partition coefficient (Wildman–Crippen LogP) is 1.83. The molecule has 4 nitrogen and oxygen atoms in total. The normalized spacial score (nSPS) is 12.6. The first-order valence-electron chi connectivity index (χ1n) is 5.55. The van der Waals surface area contributed by atoms with E-state index in [2.05, 4.69) is 5.32 Å². The fourth-order valence-corrected chi connectivity index (χ4v) is 1.55. The van der Waals surface area contributed by atoms with E-state index >= 15 is 0 Å². The number of carboxylic acids is 1. The molecule has 0 bridgehead atoms. The van der Waals surface area contributed by atoms with E-state index in [-0.39, 0.29) is 12.3 Å². The van der Waals surface area contributed by atoms with Crippen LogP contribution in [0.3, 0.4) is 0 Å². The smallest absolute Gasteiger partial charge is 0.303 e. The van der Waals surface area contributed by atoms with Crippen molar-refractivity contribution in [1.82, 2.24) is 5.32 Å². The third-order valence-electron chi connectivity index (χ3n) is 2.36. The maximum Gasteiger partial charge on any atom is 0.303 e. The van der Waals surface area contributed by atoms with E-state index in [1.807, 2.05) is 26.0 Å². The lowest BCUT2D eigenvalue weighted by Gasteiger charge is -2.09. The minimum Gasteiger partial charge on any atom is -0.481 e. The van der Waals surface area contributed by atoms with Gasteiger partial charge in [-0.25, -0.2) is 0 Å². The summed E-state index contributed by atoms with van der Waals surface area (Å²) in [6, 6.07) is 3.92. The third kappa shape index (κ3) is 4.98. The Hall–Kier alpha value is -1.29. The van der Waals surface area contributed by atoms with Crippen molar-refractivity contribution < 1.29 is 14.3 Å². The average molecular weight is 225 g/mol. The number of aliphatic carboxylic acids is 1. The molecule has 16 heavy (non-hydrogen) atoms. The maximum absolute atomic E-state index is 10.4. The molecule has 0 aromatic carbocycles. The van der Waals surface area contributed by atoms with E-state index in [9.17, 15) is 4.79 Å². The Morgan fingerprint density at radius 2 is 2.31 bits per heavy atom. The molecular weight excluding hydrogens is 206 g/mol.